The van der Waals surface area contributed by atoms with Crippen LogP contribution in [0.5, 0.6) is 0 Å². The van der Waals surface area contributed by atoms with Crippen LogP contribution in [0.1, 0.15) is 57.6 Å². The van der Waals surface area contributed by atoms with Crippen LogP contribution in [0.15, 0.2) is 24.3 Å². The molecule has 5 heteroatoms. The van der Waals surface area contributed by atoms with Gasteiger partial charge in [-0.25, -0.2) is 0 Å². The molecular weight excluding hydrogens is 362 g/mol. The number of hydrogen-bond donors (Lipinski definition) is 1. The number of nitrogens with zero attached hydrogens (tertiary/aromatic N) is 1. The molecule has 4 nitrogen and oxygen atoms in total. The Morgan fingerprint density at radius 3 is 2.26 bits per heavy atom. The molecule has 1 aliphatic heterocycles. The molecule has 2 fully saturated rings. The van der Waals surface area contributed by atoms with Crippen LogP contribution in [0.25, 0.3) is 0 Å². The minimum atomic E-state index is -0.243. The van der Waals surface area contributed by atoms with Crippen LogP contribution in [0.3, 0.4) is 0 Å². The fraction of sp³-hybridized carbons (Fsp3) is 0.727. The van der Waals surface area contributed by atoms with Crippen LogP contribution < -0.4 is 0 Å². The monoisotopic (exact) mass is 395 g/mol. The Kier molecular flexibility index (Phi) is 7.97. The highest BCUT2D eigenvalue weighted by atomic mass is 35.5. The Labute approximate surface area is 168 Å². The number of benzene rings is 1. The van der Waals surface area contributed by atoms with Gasteiger partial charge < -0.3 is 14.6 Å². The summed E-state index contributed by atoms with van der Waals surface area (Å²) < 4.78 is 11.9. The fourth-order valence-corrected chi connectivity index (χ4v) is 4.92. The number of ether oxygens (including phenoxy) is 2. The first-order valence-corrected chi connectivity index (χ1v) is 10.9. The summed E-state index contributed by atoms with van der Waals surface area (Å²) in [5.41, 5.74) is 1.31. The molecule has 152 valence electrons. The zero-order valence-corrected chi connectivity index (χ0v) is 17.4. The maximum Gasteiger partial charge on any atom is 0.161 e. The number of aliphatic hydroxyl groups excluding tert-OH is 1. The summed E-state index contributed by atoms with van der Waals surface area (Å²) in [4.78, 5) is 2.53. The van der Waals surface area contributed by atoms with Crippen molar-refractivity contribution >= 4 is 11.6 Å². The second kappa shape index (κ2) is 10.2. The van der Waals surface area contributed by atoms with E-state index in [0.717, 1.165) is 24.4 Å². The molecule has 0 amide bonds. The molecule has 2 aliphatic rings. The predicted molar refractivity (Wildman–Crippen MR) is 109 cm³/mol. The van der Waals surface area contributed by atoms with Crippen molar-refractivity contribution in [3.63, 3.8) is 0 Å². The van der Waals surface area contributed by atoms with Gasteiger partial charge in [0.05, 0.1) is 6.61 Å². The van der Waals surface area contributed by atoms with Crippen molar-refractivity contribution in [2.24, 2.45) is 11.8 Å². The molecular formula is C22H34ClNO3. The lowest BCUT2D eigenvalue weighted by Crippen LogP contribution is -2.55. The van der Waals surface area contributed by atoms with E-state index in [1.165, 1.54) is 24.8 Å². The van der Waals surface area contributed by atoms with E-state index in [9.17, 15) is 5.11 Å². The molecule has 1 saturated heterocycles. The Morgan fingerprint density at radius 1 is 1.07 bits per heavy atom. The van der Waals surface area contributed by atoms with Gasteiger partial charge in [-0.05, 0) is 69.7 Å². The van der Waals surface area contributed by atoms with Gasteiger partial charge in [0.1, 0.15) is 0 Å². The van der Waals surface area contributed by atoms with Crippen molar-refractivity contribution in [2.45, 2.75) is 64.3 Å². The summed E-state index contributed by atoms with van der Waals surface area (Å²) in [6, 6.07) is 8.68. The SMILES string of the molecule is CCOC(OCC)C1CCCN(C(c2ccc(Cl)cc2)C2CCC2)C1CO. The molecule has 1 aromatic carbocycles. The molecule has 1 aromatic rings. The molecule has 3 atom stereocenters. The topological polar surface area (TPSA) is 41.9 Å². The highest BCUT2D eigenvalue weighted by Gasteiger charge is 2.43. The first-order chi connectivity index (χ1) is 13.2. The van der Waals surface area contributed by atoms with E-state index in [2.05, 4.69) is 17.0 Å². The molecule has 1 saturated carbocycles. The normalized spacial score (nSPS) is 25.5. The smallest absolute Gasteiger partial charge is 0.161 e. The van der Waals surface area contributed by atoms with Crippen LogP contribution in [0.4, 0.5) is 0 Å². The van der Waals surface area contributed by atoms with Gasteiger partial charge in [-0.15, -0.1) is 0 Å². The Balaban J connectivity index is 1.87. The van der Waals surface area contributed by atoms with Gasteiger partial charge in [0.15, 0.2) is 6.29 Å². The van der Waals surface area contributed by atoms with Gasteiger partial charge in [-0.1, -0.05) is 30.2 Å². The van der Waals surface area contributed by atoms with Crippen molar-refractivity contribution < 1.29 is 14.6 Å². The second-order valence-corrected chi connectivity index (χ2v) is 8.20. The molecule has 1 heterocycles. The van der Waals surface area contributed by atoms with Crippen molar-refractivity contribution in [2.75, 3.05) is 26.4 Å². The third kappa shape index (κ3) is 4.86. The zero-order valence-electron chi connectivity index (χ0n) is 16.6. The Bertz CT molecular complexity index is 557. The van der Waals surface area contributed by atoms with Crippen LogP contribution in [0, 0.1) is 11.8 Å². The van der Waals surface area contributed by atoms with Crippen molar-refractivity contribution in [3.8, 4) is 0 Å². The van der Waals surface area contributed by atoms with E-state index in [0.29, 0.717) is 25.2 Å². The second-order valence-electron chi connectivity index (χ2n) is 7.76. The van der Waals surface area contributed by atoms with Gasteiger partial charge in [0.2, 0.25) is 0 Å². The van der Waals surface area contributed by atoms with Gasteiger partial charge in [0, 0.05) is 36.2 Å². The maximum atomic E-state index is 10.4. The van der Waals surface area contributed by atoms with Gasteiger partial charge in [-0.2, -0.15) is 0 Å². The first kappa shape index (κ1) is 21.1. The number of likely N-dealkylation sites (tertiary alicyclic amines) is 1. The molecule has 27 heavy (non-hydrogen) atoms. The van der Waals surface area contributed by atoms with E-state index in [1.54, 1.807) is 0 Å². The Hall–Kier alpha value is -0.650. The highest BCUT2D eigenvalue weighted by molar-refractivity contribution is 6.30. The van der Waals surface area contributed by atoms with Crippen LogP contribution >= 0.6 is 11.6 Å². The molecule has 1 N–H and O–H groups in total. The number of piperidine rings is 1. The fourth-order valence-electron chi connectivity index (χ4n) is 4.79. The standard InChI is InChI=1S/C22H34ClNO3/c1-3-26-22(27-4-2)19-9-6-14-24(20(19)15-25)21(16-7-5-8-16)17-10-12-18(23)13-11-17/h10-13,16,19-22,25H,3-9,14-15H2,1-2H3. The van der Waals surface area contributed by atoms with E-state index in [4.69, 9.17) is 21.1 Å². The number of halogens is 1. The van der Waals surface area contributed by atoms with Crippen molar-refractivity contribution in [1.29, 1.82) is 0 Å². The van der Waals surface area contributed by atoms with Crippen molar-refractivity contribution in [1.82, 2.24) is 4.90 Å². The van der Waals surface area contributed by atoms with Crippen LogP contribution in [0.2, 0.25) is 5.02 Å². The number of rotatable bonds is 9. The molecule has 0 aromatic heterocycles. The summed E-state index contributed by atoms with van der Waals surface area (Å²) in [5.74, 6) is 0.843. The van der Waals surface area contributed by atoms with Gasteiger partial charge in [-0.3, -0.25) is 4.90 Å². The first-order valence-electron chi connectivity index (χ1n) is 10.5. The summed E-state index contributed by atoms with van der Waals surface area (Å²) in [5, 5.41) is 11.1. The summed E-state index contributed by atoms with van der Waals surface area (Å²) >= 11 is 6.13. The molecule has 0 radical (unpaired) electrons. The quantitative estimate of drug-likeness (QED) is 0.618. The summed E-state index contributed by atoms with van der Waals surface area (Å²) in [6.07, 6.45) is 5.71. The zero-order chi connectivity index (χ0) is 19.2. The summed E-state index contributed by atoms with van der Waals surface area (Å²) in [6.45, 7) is 6.41. The molecule has 3 unspecified atom stereocenters. The minimum Gasteiger partial charge on any atom is -0.395 e. The van der Waals surface area contributed by atoms with Crippen LogP contribution in [-0.4, -0.2) is 48.7 Å². The van der Waals surface area contributed by atoms with Gasteiger partial charge >= 0.3 is 0 Å². The molecule has 1 aliphatic carbocycles. The van der Waals surface area contributed by atoms with Crippen LogP contribution in [-0.2, 0) is 9.47 Å². The molecule has 0 bridgehead atoms. The maximum absolute atomic E-state index is 10.4. The minimum absolute atomic E-state index is 0.0585. The van der Waals surface area contributed by atoms with Crippen molar-refractivity contribution in [3.05, 3.63) is 34.9 Å². The van der Waals surface area contributed by atoms with E-state index < -0.39 is 0 Å². The van der Waals surface area contributed by atoms with E-state index in [-0.39, 0.29) is 24.9 Å². The Morgan fingerprint density at radius 2 is 1.74 bits per heavy atom. The van der Waals surface area contributed by atoms with E-state index >= 15 is 0 Å². The third-order valence-electron chi connectivity index (χ3n) is 6.24. The summed E-state index contributed by atoms with van der Waals surface area (Å²) in [7, 11) is 0. The number of aliphatic hydroxyl groups is 1. The lowest BCUT2D eigenvalue weighted by molar-refractivity contribution is -0.196. The molecule has 0 spiro atoms. The lowest BCUT2D eigenvalue weighted by Gasteiger charge is -2.50. The average Bonchev–Trinajstić information content (AvgIpc) is 2.64. The molecule has 3 rings (SSSR count). The van der Waals surface area contributed by atoms with E-state index in [1.807, 2.05) is 26.0 Å². The highest BCUT2D eigenvalue weighted by Crippen LogP contribution is 2.45. The third-order valence-corrected chi connectivity index (χ3v) is 6.49. The number of hydrogen-bond acceptors (Lipinski definition) is 4. The largest absolute Gasteiger partial charge is 0.395 e. The average molecular weight is 396 g/mol. The predicted octanol–water partition coefficient (Wildman–Crippen LogP) is 4.65. The lowest BCUT2D eigenvalue weighted by atomic mass is 9.74. The van der Waals surface area contributed by atoms with Gasteiger partial charge in [0.25, 0.3) is 0 Å².